The predicted molar refractivity (Wildman–Crippen MR) is 132 cm³/mol. The zero-order chi connectivity index (χ0) is 30.5. The number of benzene rings is 1. The number of rotatable bonds is 13. The summed E-state index contributed by atoms with van der Waals surface area (Å²) in [5, 5.41) is 25.6. The van der Waals surface area contributed by atoms with Crippen LogP contribution in [0.3, 0.4) is 0 Å². The number of hydrogen-bond acceptors (Lipinski definition) is 7. The van der Waals surface area contributed by atoms with Crippen molar-refractivity contribution in [2.24, 2.45) is 0 Å². The van der Waals surface area contributed by atoms with Crippen molar-refractivity contribution in [2.75, 3.05) is 13.1 Å². The average Bonchev–Trinajstić information content (AvgIpc) is 3.06. The molecule has 220 valence electrons. The molecule has 0 saturated heterocycles. The van der Waals surface area contributed by atoms with Crippen LogP contribution in [-0.4, -0.2) is 87.1 Å². The standard InChI is InChI=1S/C25H31F3N4O8/c1-23(2,31-18(34)13-32-19(35)14-8-4-5-9-15(14)20(32)36)22(39)29-11-7-6-10-16(21(37)38)30-17(33)12-24(3,40)25(26,27)28/h4-5,8-9,16,40H,6-7,10-13H2,1-3H3,(H,29,39)(H,30,33)(H,31,34)(H,37,38). The molecule has 12 nitrogen and oxygen atoms in total. The summed E-state index contributed by atoms with van der Waals surface area (Å²) in [7, 11) is 0. The first-order chi connectivity index (χ1) is 18.4. The Morgan fingerprint density at radius 2 is 1.50 bits per heavy atom. The van der Waals surface area contributed by atoms with Gasteiger partial charge in [-0.2, -0.15) is 13.2 Å². The highest BCUT2D eigenvalue weighted by Gasteiger charge is 2.51. The van der Waals surface area contributed by atoms with Gasteiger partial charge in [0, 0.05) is 6.54 Å². The molecular formula is C25H31F3N4O8. The monoisotopic (exact) mass is 572 g/mol. The number of carboxylic acids is 1. The van der Waals surface area contributed by atoms with Crippen LogP contribution in [0.25, 0.3) is 0 Å². The molecule has 1 heterocycles. The van der Waals surface area contributed by atoms with E-state index in [9.17, 15) is 52.2 Å². The third-order valence-corrected chi connectivity index (χ3v) is 6.15. The molecule has 0 aliphatic carbocycles. The number of carbonyl (C=O) groups is 6. The Hall–Kier alpha value is -4.01. The van der Waals surface area contributed by atoms with Gasteiger partial charge in [-0.25, -0.2) is 4.79 Å². The van der Waals surface area contributed by atoms with Crippen molar-refractivity contribution in [3.8, 4) is 0 Å². The first kappa shape index (κ1) is 32.2. The van der Waals surface area contributed by atoms with Gasteiger partial charge in [0.2, 0.25) is 17.7 Å². The smallest absolute Gasteiger partial charge is 0.417 e. The highest BCUT2D eigenvalue weighted by molar-refractivity contribution is 6.22. The lowest BCUT2D eigenvalue weighted by Crippen LogP contribution is -2.57. The number of fused-ring (bicyclic) bond motifs is 1. The predicted octanol–water partition coefficient (Wildman–Crippen LogP) is 0.737. The number of halogens is 3. The van der Waals surface area contributed by atoms with Crippen molar-refractivity contribution in [1.82, 2.24) is 20.9 Å². The number of nitrogens with one attached hydrogen (secondary N) is 3. The Morgan fingerprint density at radius 1 is 0.950 bits per heavy atom. The summed E-state index contributed by atoms with van der Waals surface area (Å²) in [5.41, 5.74) is -4.41. The SMILES string of the molecule is CC(C)(NC(=O)CN1C(=O)c2ccccc2C1=O)C(=O)NCCCCC(NC(=O)CC(C)(O)C(F)(F)F)C(=O)O. The number of carboxylic acid groups (broad SMARTS) is 1. The van der Waals surface area contributed by atoms with Crippen LogP contribution in [0, 0.1) is 0 Å². The van der Waals surface area contributed by atoms with Crippen molar-refractivity contribution in [3.63, 3.8) is 0 Å². The minimum Gasteiger partial charge on any atom is -0.480 e. The molecule has 40 heavy (non-hydrogen) atoms. The Labute approximate surface area is 227 Å². The molecule has 2 rings (SSSR count). The minimum absolute atomic E-state index is 0.0413. The average molecular weight is 573 g/mol. The molecule has 1 aromatic carbocycles. The number of alkyl halides is 3. The van der Waals surface area contributed by atoms with Gasteiger partial charge in [-0.15, -0.1) is 0 Å². The Bertz CT molecular complexity index is 1150. The maximum atomic E-state index is 12.7. The molecule has 1 aliphatic rings. The molecule has 0 fully saturated rings. The highest BCUT2D eigenvalue weighted by atomic mass is 19.4. The largest absolute Gasteiger partial charge is 0.480 e. The van der Waals surface area contributed by atoms with E-state index in [1.54, 1.807) is 12.1 Å². The number of hydrogen-bond donors (Lipinski definition) is 5. The fraction of sp³-hybridized carbons (Fsp3) is 0.520. The van der Waals surface area contributed by atoms with Crippen LogP contribution < -0.4 is 16.0 Å². The van der Waals surface area contributed by atoms with Gasteiger partial charge in [0.1, 0.15) is 18.1 Å². The molecule has 0 radical (unpaired) electrons. The number of amides is 5. The lowest BCUT2D eigenvalue weighted by Gasteiger charge is -2.26. The molecule has 2 atom stereocenters. The summed E-state index contributed by atoms with van der Waals surface area (Å²) >= 11 is 0. The Kier molecular flexibility index (Phi) is 10.0. The summed E-state index contributed by atoms with van der Waals surface area (Å²) < 4.78 is 38.2. The maximum absolute atomic E-state index is 12.7. The van der Waals surface area contributed by atoms with E-state index in [1.807, 2.05) is 5.32 Å². The van der Waals surface area contributed by atoms with Crippen LogP contribution in [0.2, 0.25) is 0 Å². The highest BCUT2D eigenvalue weighted by Crippen LogP contribution is 2.32. The summed E-state index contributed by atoms with van der Waals surface area (Å²) in [6, 6.07) is 4.60. The Balaban J connectivity index is 1.78. The van der Waals surface area contributed by atoms with Crippen LogP contribution >= 0.6 is 0 Å². The van der Waals surface area contributed by atoms with E-state index in [0.29, 0.717) is 6.92 Å². The second-order valence-electron chi connectivity index (χ2n) is 10.1. The first-order valence-corrected chi connectivity index (χ1v) is 12.2. The molecule has 0 saturated carbocycles. The second-order valence-corrected chi connectivity index (χ2v) is 10.1. The molecule has 1 aliphatic heterocycles. The second kappa shape index (κ2) is 12.4. The quantitative estimate of drug-likeness (QED) is 0.169. The van der Waals surface area contributed by atoms with Crippen LogP contribution in [-0.2, 0) is 19.2 Å². The lowest BCUT2D eigenvalue weighted by molar-refractivity contribution is -0.253. The topological polar surface area (TPSA) is 182 Å². The van der Waals surface area contributed by atoms with E-state index in [2.05, 4.69) is 10.6 Å². The van der Waals surface area contributed by atoms with Crippen molar-refractivity contribution >= 4 is 35.5 Å². The summed E-state index contributed by atoms with van der Waals surface area (Å²) in [6.07, 6.45) is -6.23. The molecule has 5 N–H and O–H groups in total. The van der Waals surface area contributed by atoms with Crippen molar-refractivity contribution < 1.29 is 52.2 Å². The van der Waals surface area contributed by atoms with E-state index < -0.39 is 71.8 Å². The van der Waals surface area contributed by atoms with Gasteiger partial charge in [-0.05, 0) is 52.2 Å². The molecule has 0 bridgehead atoms. The summed E-state index contributed by atoms with van der Waals surface area (Å²) in [5.74, 6) is -5.38. The number of aliphatic hydroxyl groups is 1. The maximum Gasteiger partial charge on any atom is 0.417 e. The minimum atomic E-state index is -5.08. The molecule has 0 aromatic heterocycles. The molecule has 0 spiro atoms. The van der Waals surface area contributed by atoms with E-state index in [0.717, 1.165) is 4.90 Å². The van der Waals surface area contributed by atoms with Crippen LogP contribution in [0.1, 0.15) is 67.2 Å². The van der Waals surface area contributed by atoms with Gasteiger partial charge in [-0.1, -0.05) is 12.1 Å². The van der Waals surface area contributed by atoms with Gasteiger partial charge in [0.25, 0.3) is 11.8 Å². The molecule has 15 heteroatoms. The van der Waals surface area contributed by atoms with Crippen LogP contribution in [0.5, 0.6) is 0 Å². The number of imide groups is 1. The van der Waals surface area contributed by atoms with Gasteiger partial charge in [0.15, 0.2) is 5.60 Å². The van der Waals surface area contributed by atoms with Crippen molar-refractivity contribution in [1.29, 1.82) is 0 Å². The molecular weight excluding hydrogens is 541 g/mol. The number of unbranched alkanes of at least 4 members (excludes halogenated alkanes) is 1. The van der Waals surface area contributed by atoms with Gasteiger partial charge >= 0.3 is 12.1 Å². The van der Waals surface area contributed by atoms with Crippen molar-refractivity contribution in [2.45, 2.75) is 69.8 Å². The van der Waals surface area contributed by atoms with E-state index in [1.165, 1.54) is 26.0 Å². The zero-order valence-corrected chi connectivity index (χ0v) is 22.1. The first-order valence-electron chi connectivity index (χ1n) is 12.2. The third-order valence-electron chi connectivity index (χ3n) is 6.15. The lowest BCUT2D eigenvalue weighted by atomic mass is 10.0. The van der Waals surface area contributed by atoms with E-state index >= 15 is 0 Å². The van der Waals surface area contributed by atoms with Gasteiger partial charge < -0.3 is 26.2 Å². The van der Waals surface area contributed by atoms with E-state index in [4.69, 9.17) is 0 Å². The van der Waals surface area contributed by atoms with Crippen molar-refractivity contribution in [3.05, 3.63) is 35.4 Å². The molecule has 5 amide bonds. The summed E-state index contributed by atoms with van der Waals surface area (Å²) in [6.45, 7) is 2.64. The summed E-state index contributed by atoms with van der Waals surface area (Å²) in [4.78, 5) is 73.9. The fourth-order valence-electron chi connectivity index (χ4n) is 3.78. The fourth-order valence-corrected chi connectivity index (χ4v) is 3.78. The normalized spacial score (nSPS) is 15.6. The zero-order valence-electron chi connectivity index (χ0n) is 22.1. The number of carbonyl (C=O) groups excluding carboxylic acids is 5. The van der Waals surface area contributed by atoms with Crippen LogP contribution in [0.4, 0.5) is 13.2 Å². The number of aliphatic carboxylic acids is 1. The number of nitrogens with zero attached hydrogens (tertiary/aromatic N) is 1. The third kappa shape index (κ3) is 8.00. The Morgan fingerprint density at radius 3 is 2.00 bits per heavy atom. The van der Waals surface area contributed by atoms with E-state index in [-0.39, 0.29) is 36.9 Å². The van der Waals surface area contributed by atoms with Crippen LogP contribution in [0.15, 0.2) is 24.3 Å². The molecule has 1 aromatic rings. The van der Waals surface area contributed by atoms with Gasteiger partial charge in [-0.3, -0.25) is 28.9 Å². The molecule has 2 unspecified atom stereocenters. The van der Waals surface area contributed by atoms with Gasteiger partial charge in [0.05, 0.1) is 17.5 Å².